The predicted octanol–water partition coefficient (Wildman–Crippen LogP) is 4.96. The highest BCUT2D eigenvalue weighted by Gasteiger charge is 2.24. The number of hydrogen-bond acceptors (Lipinski definition) is 4. The molecule has 156 valence electrons. The van der Waals surface area contributed by atoms with Gasteiger partial charge >= 0.3 is 12.1 Å². The number of methoxy groups -OCH3 is 1. The number of aryl methyl sites for hydroxylation is 2. The van der Waals surface area contributed by atoms with Gasteiger partial charge in [-0.2, -0.15) is 0 Å². The minimum absolute atomic E-state index is 0.0712. The molecule has 0 heterocycles. The molecule has 2 aromatic rings. The highest BCUT2D eigenvalue weighted by atomic mass is 16.6. The van der Waals surface area contributed by atoms with Crippen LogP contribution in [0.2, 0.25) is 0 Å². The van der Waals surface area contributed by atoms with E-state index in [4.69, 9.17) is 14.6 Å². The third kappa shape index (κ3) is 6.82. The Morgan fingerprint density at radius 3 is 2.24 bits per heavy atom. The first-order chi connectivity index (χ1) is 13.6. The van der Waals surface area contributed by atoms with E-state index in [1.807, 2.05) is 70.2 Å². The molecule has 29 heavy (non-hydrogen) atoms. The molecule has 6 nitrogen and oxygen atoms in total. The lowest BCUT2D eigenvalue weighted by molar-refractivity contribution is -0.136. The zero-order chi connectivity index (χ0) is 21.6. The van der Waals surface area contributed by atoms with Gasteiger partial charge in [-0.15, -0.1) is 0 Å². The van der Waals surface area contributed by atoms with Crippen molar-refractivity contribution in [2.45, 2.75) is 52.7 Å². The highest BCUT2D eigenvalue weighted by Crippen LogP contribution is 2.25. The Hall–Kier alpha value is -3.02. The number of ether oxygens (including phenoxy) is 2. The summed E-state index contributed by atoms with van der Waals surface area (Å²) in [7, 11) is 1.61. The highest BCUT2D eigenvalue weighted by molar-refractivity contribution is 5.88. The van der Waals surface area contributed by atoms with Crippen LogP contribution >= 0.6 is 0 Å². The molecule has 0 saturated heterocycles. The monoisotopic (exact) mass is 399 g/mol. The average Bonchev–Trinajstić information content (AvgIpc) is 2.64. The Balaban J connectivity index is 2.31. The average molecular weight is 399 g/mol. The third-order valence-corrected chi connectivity index (χ3v) is 4.36. The number of carbonyl (C=O) groups excluding carboxylic acids is 1. The maximum absolute atomic E-state index is 12.9. The topological polar surface area (TPSA) is 76.1 Å². The summed E-state index contributed by atoms with van der Waals surface area (Å²) in [5.41, 5.74) is 2.90. The SMILES string of the molecule is COc1ccc(CN(C(=O)OC(C)(C)C)c2ccc(CCC(=O)O)c(C)c2)cc1. The van der Waals surface area contributed by atoms with Crippen LogP contribution in [0.25, 0.3) is 0 Å². The Kier molecular flexibility index (Phi) is 7.26. The summed E-state index contributed by atoms with van der Waals surface area (Å²) in [5, 5.41) is 8.91. The van der Waals surface area contributed by atoms with E-state index in [9.17, 15) is 9.59 Å². The normalized spacial score (nSPS) is 11.1. The number of anilines is 1. The number of carboxylic acids is 1. The Morgan fingerprint density at radius 1 is 1.07 bits per heavy atom. The fraction of sp³-hybridized carbons (Fsp3) is 0.391. The fourth-order valence-electron chi connectivity index (χ4n) is 2.86. The fourth-order valence-corrected chi connectivity index (χ4v) is 2.86. The molecule has 0 aliphatic carbocycles. The van der Waals surface area contributed by atoms with E-state index in [2.05, 4.69) is 0 Å². The molecule has 2 rings (SSSR count). The second kappa shape index (κ2) is 9.45. The molecule has 0 spiro atoms. The van der Waals surface area contributed by atoms with E-state index in [1.54, 1.807) is 12.0 Å². The van der Waals surface area contributed by atoms with E-state index < -0.39 is 17.7 Å². The van der Waals surface area contributed by atoms with Gasteiger partial charge in [-0.25, -0.2) is 4.79 Å². The van der Waals surface area contributed by atoms with Gasteiger partial charge in [0.2, 0.25) is 0 Å². The van der Waals surface area contributed by atoms with Crippen LogP contribution in [0.15, 0.2) is 42.5 Å². The van der Waals surface area contributed by atoms with Crippen LogP contribution in [-0.2, 0) is 22.5 Å². The van der Waals surface area contributed by atoms with Gasteiger partial charge in [0, 0.05) is 12.1 Å². The number of nitrogens with zero attached hydrogens (tertiary/aromatic N) is 1. The molecule has 1 N–H and O–H groups in total. The summed E-state index contributed by atoms with van der Waals surface area (Å²) in [6.07, 6.45) is 0.0831. The van der Waals surface area contributed by atoms with Crippen molar-refractivity contribution < 1.29 is 24.2 Å². The Labute approximate surface area is 172 Å². The molecule has 0 unspecified atom stereocenters. The van der Waals surface area contributed by atoms with Gasteiger partial charge < -0.3 is 14.6 Å². The van der Waals surface area contributed by atoms with Crippen molar-refractivity contribution in [3.05, 3.63) is 59.2 Å². The van der Waals surface area contributed by atoms with Crippen molar-refractivity contribution in [3.8, 4) is 5.75 Å². The number of aliphatic carboxylic acids is 1. The molecular formula is C23H29NO5. The summed E-state index contributed by atoms with van der Waals surface area (Å²) in [6.45, 7) is 7.75. The lowest BCUT2D eigenvalue weighted by Crippen LogP contribution is -2.36. The molecule has 1 amide bonds. The minimum atomic E-state index is -0.830. The van der Waals surface area contributed by atoms with Gasteiger partial charge in [-0.05, 0) is 75.1 Å². The third-order valence-electron chi connectivity index (χ3n) is 4.36. The molecule has 0 atom stereocenters. The smallest absolute Gasteiger partial charge is 0.415 e. The van der Waals surface area contributed by atoms with Crippen molar-refractivity contribution in [1.82, 2.24) is 0 Å². The van der Waals surface area contributed by atoms with Crippen LogP contribution in [0.4, 0.5) is 10.5 Å². The van der Waals surface area contributed by atoms with E-state index in [0.717, 1.165) is 22.4 Å². The zero-order valence-electron chi connectivity index (χ0n) is 17.7. The van der Waals surface area contributed by atoms with Gasteiger partial charge in [0.1, 0.15) is 11.4 Å². The first kappa shape index (κ1) is 22.3. The Morgan fingerprint density at radius 2 is 1.72 bits per heavy atom. The molecule has 2 aromatic carbocycles. The quantitative estimate of drug-likeness (QED) is 0.712. The molecular weight excluding hydrogens is 370 g/mol. The lowest BCUT2D eigenvalue weighted by atomic mass is 10.0. The molecule has 6 heteroatoms. The van der Waals surface area contributed by atoms with E-state index >= 15 is 0 Å². The van der Waals surface area contributed by atoms with Gasteiger partial charge in [0.25, 0.3) is 0 Å². The summed E-state index contributed by atoms with van der Waals surface area (Å²) in [5.74, 6) is -0.0837. The molecule has 0 radical (unpaired) electrons. The largest absolute Gasteiger partial charge is 0.497 e. The van der Waals surface area contributed by atoms with Gasteiger partial charge in [-0.3, -0.25) is 9.69 Å². The number of carboxylic acid groups (broad SMARTS) is 1. The number of rotatable bonds is 7. The number of carbonyl (C=O) groups is 2. The number of amides is 1. The van der Waals surface area contributed by atoms with E-state index in [-0.39, 0.29) is 6.42 Å². The Bertz CT molecular complexity index is 853. The summed E-state index contributed by atoms with van der Waals surface area (Å²) in [4.78, 5) is 25.3. The second-order valence-corrected chi connectivity index (χ2v) is 7.92. The zero-order valence-corrected chi connectivity index (χ0v) is 17.7. The maximum atomic E-state index is 12.9. The standard InChI is InChI=1S/C23H29NO5/c1-16-14-19(10-8-18(16)9-13-21(25)26)24(22(27)29-23(2,3)4)15-17-6-11-20(28-5)12-7-17/h6-8,10-12,14H,9,13,15H2,1-5H3,(H,25,26). The summed E-state index contributed by atoms with van der Waals surface area (Å²) < 4.78 is 10.8. The minimum Gasteiger partial charge on any atom is -0.497 e. The predicted molar refractivity (Wildman–Crippen MR) is 113 cm³/mol. The molecule has 0 fully saturated rings. The molecule has 0 bridgehead atoms. The maximum Gasteiger partial charge on any atom is 0.415 e. The van der Waals surface area contributed by atoms with Crippen molar-refractivity contribution in [2.75, 3.05) is 12.0 Å². The van der Waals surface area contributed by atoms with Crippen molar-refractivity contribution in [1.29, 1.82) is 0 Å². The molecule has 0 aliphatic heterocycles. The second-order valence-electron chi connectivity index (χ2n) is 7.92. The van der Waals surface area contributed by atoms with Gasteiger partial charge in [-0.1, -0.05) is 18.2 Å². The molecule has 0 aromatic heterocycles. The van der Waals surface area contributed by atoms with Gasteiger partial charge in [0.05, 0.1) is 13.7 Å². The van der Waals surface area contributed by atoms with Crippen molar-refractivity contribution >= 4 is 17.7 Å². The van der Waals surface area contributed by atoms with Crippen LogP contribution in [0, 0.1) is 6.92 Å². The summed E-state index contributed by atoms with van der Waals surface area (Å²) >= 11 is 0. The van der Waals surface area contributed by atoms with Crippen LogP contribution < -0.4 is 9.64 Å². The van der Waals surface area contributed by atoms with E-state index in [0.29, 0.717) is 18.7 Å². The van der Waals surface area contributed by atoms with Crippen LogP contribution in [0.3, 0.4) is 0 Å². The number of benzene rings is 2. The first-order valence-corrected chi connectivity index (χ1v) is 9.54. The van der Waals surface area contributed by atoms with E-state index in [1.165, 1.54) is 0 Å². The summed E-state index contributed by atoms with van der Waals surface area (Å²) in [6, 6.07) is 13.1. The molecule has 0 aliphatic rings. The number of hydrogen-bond donors (Lipinski definition) is 1. The van der Waals surface area contributed by atoms with Gasteiger partial charge in [0.15, 0.2) is 0 Å². The van der Waals surface area contributed by atoms with Crippen LogP contribution in [-0.4, -0.2) is 29.9 Å². The van der Waals surface area contributed by atoms with Crippen molar-refractivity contribution in [2.24, 2.45) is 0 Å². The lowest BCUT2D eigenvalue weighted by Gasteiger charge is -2.28. The van der Waals surface area contributed by atoms with Crippen molar-refractivity contribution in [3.63, 3.8) is 0 Å². The first-order valence-electron chi connectivity index (χ1n) is 9.54. The van der Waals surface area contributed by atoms with Crippen LogP contribution in [0.1, 0.15) is 43.9 Å². The molecule has 0 saturated carbocycles. The van der Waals surface area contributed by atoms with Crippen LogP contribution in [0.5, 0.6) is 5.75 Å².